The van der Waals surface area contributed by atoms with E-state index in [1.807, 2.05) is 6.92 Å². The van der Waals surface area contributed by atoms with E-state index in [1.54, 1.807) is 0 Å². The van der Waals surface area contributed by atoms with Crippen LogP contribution in [0.5, 0.6) is 11.5 Å². The van der Waals surface area contributed by atoms with Crippen LogP contribution in [0.4, 0.5) is 5.69 Å². The summed E-state index contributed by atoms with van der Waals surface area (Å²) in [6.45, 7) is 2.24. The molecular weight excluding hydrogens is 278 g/mol. The van der Waals surface area contributed by atoms with Crippen LogP contribution < -0.4 is 20.5 Å². The molecule has 8 nitrogen and oxygen atoms in total. The summed E-state index contributed by atoms with van der Waals surface area (Å²) >= 11 is 0. The molecule has 0 radical (unpaired) electrons. The van der Waals surface area contributed by atoms with Crippen molar-refractivity contribution in [3.05, 3.63) is 27.8 Å². The highest BCUT2D eigenvalue weighted by Gasteiger charge is 2.19. The molecule has 0 fully saturated rings. The average Bonchev–Trinajstić information content (AvgIpc) is 2.49. The highest BCUT2D eigenvalue weighted by molar-refractivity contribution is 5.77. The second-order valence-electron chi connectivity index (χ2n) is 4.23. The highest BCUT2D eigenvalue weighted by Crippen LogP contribution is 2.34. The lowest BCUT2D eigenvalue weighted by atomic mass is 10.1. The molecule has 0 bridgehead atoms. The Morgan fingerprint density at radius 3 is 2.67 bits per heavy atom. The number of nitro groups is 1. The first-order valence-corrected chi connectivity index (χ1v) is 6.48. The maximum Gasteiger partial charge on any atom is 0.277 e. The molecule has 3 N–H and O–H groups in total. The summed E-state index contributed by atoms with van der Waals surface area (Å²) in [5.74, 6) is 0.127. The Kier molecular flexibility index (Phi) is 6.41. The summed E-state index contributed by atoms with van der Waals surface area (Å²) in [7, 11) is 1.41. The molecule has 0 saturated heterocycles. The Bertz CT molecular complexity index is 519. The SMILES string of the molecule is CCCNC(=O)COc1cc([N+](=O)[O-])c(CN)cc1OC. The molecule has 0 aliphatic carbocycles. The number of nitrogens with two attached hydrogens (primary N) is 1. The molecule has 1 amide bonds. The van der Waals surface area contributed by atoms with Gasteiger partial charge in [-0.1, -0.05) is 6.92 Å². The van der Waals surface area contributed by atoms with Crippen molar-refractivity contribution in [2.24, 2.45) is 5.73 Å². The molecule has 0 spiro atoms. The molecular formula is C13H19N3O5. The zero-order chi connectivity index (χ0) is 15.8. The summed E-state index contributed by atoms with van der Waals surface area (Å²) < 4.78 is 10.4. The lowest BCUT2D eigenvalue weighted by Crippen LogP contribution is -2.29. The minimum atomic E-state index is -0.550. The fourth-order valence-electron chi connectivity index (χ4n) is 1.66. The highest BCUT2D eigenvalue weighted by atomic mass is 16.6. The Morgan fingerprint density at radius 1 is 1.43 bits per heavy atom. The third kappa shape index (κ3) is 4.60. The van der Waals surface area contributed by atoms with E-state index in [-0.39, 0.29) is 30.5 Å². The van der Waals surface area contributed by atoms with E-state index in [0.717, 1.165) is 6.42 Å². The standard InChI is InChI=1S/C13H19N3O5/c1-3-4-15-13(17)8-21-12-6-10(16(18)19)9(7-14)5-11(12)20-2/h5-6H,3-4,7-8,14H2,1-2H3,(H,15,17). The van der Waals surface area contributed by atoms with Crippen molar-refractivity contribution in [1.29, 1.82) is 0 Å². The van der Waals surface area contributed by atoms with Gasteiger partial charge in [-0.15, -0.1) is 0 Å². The summed E-state index contributed by atoms with van der Waals surface area (Å²) in [5.41, 5.74) is 5.64. The predicted octanol–water partition coefficient (Wildman–Crippen LogP) is 0.967. The first kappa shape index (κ1) is 16.7. The number of rotatable bonds is 8. The number of hydrogen-bond acceptors (Lipinski definition) is 6. The Labute approximate surface area is 122 Å². The second-order valence-corrected chi connectivity index (χ2v) is 4.23. The first-order chi connectivity index (χ1) is 10.0. The minimum Gasteiger partial charge on any atom is -0.493 e. The summed E-state index contributed by atoms with van der Waals surface area (Å²) in [6, 6.07) is 2.66. The van der Waals surface area contributed by atoms with Gasteiger partial charge in [-0.05, 0) is 12.5 Å². The number of ether oxygens (including phenoxy) is 2. The van der Waals surface area contributed by atoms with Gasteiger partial charge in [-0.3, -0.25) is 14.9 Å². The monoisotopic (exact) mass is 297 g/mol. The van der Waals surface area contributed by atoms with Crippen LogP contribution in [-0.2, 0) is 11.3 Å². The maximum atomic E-state index is 11.5. The van der Waals surface area contributed by atoms with Gasteiger partial charge < -0.3 is 20.5 Å². The van der Waals surface area contributed by atoms with Crippen LogP contribution in [0.3, 0.4) is 0 Å². The first-order valence-electron chi connectivity index (χ1n) is 6.48. The number of hydrogen-bond donors (Lipinski definition) is 2. The molecule has 1 aromatic rings. The van der Waals surface area contributed by atoms with Gasteiger partial charge >= 0.3 is 0 Å². The fraction of sp³-hybridized carbons (Fsp3) is 0.462. The third-order valence-electron chi connectivity index (χ3n) is 2.71. The molecule has 0 atom stereocenters. The van der Waals surface area contributed by atoms with E-state index in [1.165, 1.54) is 19.2 Å². The maximum absolute atomic E-state index is 11.5. The molecule has 0 unspecified atom stereocenters. The van der Waals surface area contributed by atoms with Gasteiger partial charge in [0.1, 0.15) is 0 Å². The number of nitro benzene ring substituents is 1. The van der Waals surface area contributed by atoms with Gasteiger partial charge in [0.25, 0.3) is 11.6 Å². The molecule has 116 valence electrons. The van der Waals surface area contributed by atoms with Crippen molar-refractivity contribution in [2.75, 3.05) is 20.3 Å². The van der Waals surface area contributed by atoms with Crippen LogP contribution in [0.1, 0.15) is 18.9 Å². The van der Waals surface area contributed by atoms with Gasteiger partial charge in [0, 0.05) is 18.7 Å². The van der Waals surface area contributed by atoms with Crippen LogP contribution in [-0.4, -0.2) is 31.1 Å². The second kappa shape index (κ2) is 8.05. The predicted molar refractivity (Wildman–Crippen MR) is 76.3 cm³/mol. The zero-order valence-electron chi connectivity index (χ0n) is 12.0. The molecule has 0 aromatic heterocycles. The van der Waals surface area contributed by atoms with Crippen molar-refractivity contribution in [3.8, 4) is 11.5 Å². The van der Waals surface area contributed by atoms with E-state index in [0.29, 0.717) is 17.9 Å². The van der Waals surface area contributed by atoms with Crippen molar-refractivity contribution in [1.82, 2.24) is 5.32 Å². The number of benzene rings is 1. The normalized spacial score (nSPS) is 10.0. The van der Waals surface area contributed by atoms with Crippen LogP contribution in [0, 0.1) is 10.1 Å². The Hall–Kier alpha value is -2.35. The number of nitrogens with zero attached hydrogens (tertiary/aromatic N) is 1. The van der Waals surface area contributed by atoms with Crippen molar-refractivity contribution in [3.63, 3.8) is 0 Å². The molecule has 1 aromatic carbocycles. The summed E-state index contributed by atoms with van der Waals surface area (Å²) in [6.07, 6.45) is 0.811. The topological polar surface area (TPSA) is 117 Å². The van der Waals surface area contributed by atoms with Crippen molar-refractivity contribution in [2.45, 2.75) is 19.9 Å². The van der Waals surface area contributed by atoms with E-state index < -0.39 is 4.92 Å². The van der Waals surface area contributed by atoms with Gasteiger partial charge in [0.15, 0.2) is 18.1 Å². The molecule has 0 aliphatic rings. The number of amides is 1. The van der Waals surface area contributed by atoms with E-state index >= 15 is 0 Å². The molecule has 0 aliphatic heterocycles. The van der Waals surface area contributed by atoms with E-state index in [9.17, 15) is 14.9 Å². The van der Waals surface area contributed by atoms with Gasteiger partial charge in [0.2, 0.25) is 0 Å². The van der Waals surface area contributed by atoms with Crippen molar-refractivity contribution >= 4 is 11.6 Å². The number of methoxy groups -OCH3 is 1. The van der Waals surface area contributed by atoms with Crippen LogP contribution in [0.25, 0.3) is 0 Å². The molecule has 0 heterocycles. The van der Waals surface area contributed by atoms with E-state index in [2.05, 4.69) is 5.32 Å². The number of carbonyl (C=O) groups is 1. The lowest BCUT2D eigenvalue weighted by Gasteiger charge is -2.12. The molecule has 0 saturated carbocycles. The van der Waals surface area contributed by atoms with Crippen molar-refractivity contribution < 1.29 is 19.2 Å². The lowest BCUT2D eigenvalue weighted by molar-refractivity contribution is -0.385. The van der Waals surface area contributed by atoms with Gasteiger partial charge in [-0.25, -0.2) is 0 Å². The average molecular weight is 297 g/mol. The quantitative estimate of drug-likeness (QED) is 0.545. The summed E-state index contributed by atoms with van der Waals surface area (Å²) in [5, 5.41) is 13.6. The minimum absolute atomic E-state index is 0.00391. The van der Waals surface area contributed by atoms with Crippen LogP contribution in [0.15, 0.2) is 12.1 Å². The van der Waals surface area contributed by atoms with Gasteiger partial charge in [0.05, 0.1) is 18.1 Å². The Balaban J connectivity index is 2.92. The van der Waals surface area contributed by atoms with Gasteiger partial charge in [-0.2, -0.15) is 0 Å². The van der Waals surface area contributed by atoms with Crippen LogP contribution in [0.2, 0.25) is 0 Å². The Morgan fingerprint density at radius 2 is 2.14 bits per heavy atom. The fourth-order valence-corrected chi connectivity index (χ4v) is 1.66. The van der Waals surface area contributed by atoms with E-state index in [4.69, 9.17) is 15.2 Å². The molecule has 1 rings (SSSR count). The molecule has 21 heavy (non-hydrogen) atoms. The third-order valence-corrected chi connectivity index (χ3v) is 2.71. The van der Waals surface area contributed by atoms with Crippen LogP contribution >= 0.6 is 0 Å². The zero-order valence-corrected chi connectivity index (χ0v) is 12.0. The smallest absolute Gasteiger partial charge is 0.277 e. The number of carbonyl (C=O) groups excluding carboxylic acids is 1. The summed E-state index contributed by atoms with van der Waals surface area (Å²) in [4.78, 5) is 21.9. The largest absolute Gasteiger partial charge is 0.493 e. The number of nitrogens with one attached hydrogen (secondary N) is 1. The molecule has 8 heteroatoms.